The average molecular weight is 290 g/mol. The molecule has 0 radical (unpaired) electrons. The Balaban J connectivity index is 2.95. The Kier molecular flexibility index (Phi) is 4.33. The van der Waals surface area contributed by atoms with Crippen molar-refractivity contribution in [3.8, 4) is 0 Å². The molecule has 0 aromatic carbocycles. The van der Waals surface area contributed by atoms with E-state index in [4.69, 9.17) is 5.11 Å². The molecule has 0 aliphatic rings. The maximum atomic E-state index is 11.8. The molecule has 9 heteroatoms. The van der Waals surface area contributed by atoms with E-state index in [1.54, 1.807) is 27.8 Å². The zero-order chi connectivity index (χ0) is 14.8. The molecule has 108 valence electrons. The summed E-state index contributed by atoms with van der Waals surface area (Å²) in [4.78, 5) is 11.2. The Bertz CT molecular complexity index is 558. The molecular formula is C10H18N4O4S. The monoisotopic (exact) mass is 290 g/mol. The van der Waals surface area contributed by atoms with Gasteiger partial charge in [0.25, 0.3) is 10.2 Å². The van der Waals surface area contributed by atoms with E-state index in [0.29, 0.717) is 0 Å². The van der Waals surface area contributed by atoms with Gasteiger partial charge in [-0.05, 0) is 20.8 Å². The molecule has 1 unspecified atom stereocenters. The quantitative estimate of drug-likeness (QED) is 0.693. The Labute approximate surface area is 112 Å². The van der Waals surface area contributed by atoms with Crippen LogP contribution in [0.25, 0.3) is 0 Å². The summed E-state index contributed by atoms with van der Waals surface area (Å²) in [5.41, 5.74) is -0.446. The van der Waals surface area contributed by atoms with Crippen molar-refractivity contribution in [3.05, 3.63) is 18.0 Å². The van der Waals surface area contributed by atoms with Crippen molar-refractivity contribution in [2.75, 3.05) is 0 Å². The Hall–Kier alpha value is -1.45. The van der Waals surface area contributed by atoms with Crippen molar-refractivity contribution in [3.63, 3.8) is 0 Å². The summed E-state index contributed by atoms with van der Waals surface area (Å²) < 4.78 is 29.5. The van der Waals surface area contributed by atoms with Gasteiger partial charge in [0.05, 0.1) is 6.20 Å². The maximum Gasteiger partial charge on any atom is 0.326 e. The third-order valence-electron chi connectivity index (χ3n) is 2.02. The molecule has 0 spiro atoms. The van der Waals surface area contributed by atoms with Gasteiger partial charge in [-0.2, -0.15) is 23.0 Å². The third kappa shape index (κ3) is 4.97. The molecule has 0 amide bonds. The molecule has 1 aromatic heterocycles. The van der Waals surface area contributed by atoms with Gasteiger partial charge in [-0.15, -0.1) is 0 Å². The molecule has 0 bridgehead atoms. The first-order valence-electron chi connectivity index (χ1n) is 5.53. The van der Waals surface area contributed by atoms with Crippen molar-refractivity contribution >= 4 is 16.2 Å². The number of nitrogens with one attached hydrogen (secondary N) is 2. The number of rotatable bonds is 5. The second kappa shape index (κ2) is 5.27. The Morgan fingerprint density at radius 3 is 2.42 bits per heavy atom. The number of aliphatic carboxylic acids is 1. The summed E-state index contributed by atoms with van der Waals surface area (Å²) in [5, 5.41) is 12.9. The van der Waals surface area contributed by atoms with Gasteiger partial charge in [0, 0.05) is 24.3 Å². The number of aromatic nitrogens is 2. The SMILES string of the molecule is Cn1cc(C(NS(=O)(=O)NC(C)(C)C)C(=O)O)cn1. The molecule has 1 aromatic rings. The highest BCUT2D eigenvalue weighted by atomic mass is 32.2. The van der Waals surface area contributed by atoms with Crippen molar-refractivity contribution in [2.45, 2.75) is 32.4 Å². The van der Waals surface area contributed by atoms with E-state index in [-0.39, 0.29) is 5.56 Å². The molecule has 0 aliphatic carbocycles. The summed E-state index contributed by atoms with van der Waals surface area (Å²) in [7, 11) is -2.32. The van der Waals surface area contributed by atoms with Crippen molar-refractivity contribution in [2.24, 2.45) is 7.05 Å². The van der Waals surface area contributed by atoms with E-state index < -0.39 is 27.8 Å². The van der Waals surface area contributed by atoms with Crippen molar-refractivity contribution < 1.29 is 18.3 Å². The first-order chi connectivity index (χ1) is 8.50. The number of hydrogen-bond acceptors (Lipinski definition) is 4. The van der Waals surface area contributed by atoms with E-state index in [1.807, 2.05) is 0 Å². The first kappa shape index (κ1) is 15.6. The molecule has 8 nitrogen and oxygen atoms in total. The summed E-state index contributed by atoms with van der Waals surface area (Å²) in [6.45, 7) is 4.98. The van der Waals surface area contributed by atoms with Crippen LogP contribution in [0.2, 0.25) is 0 Å². The minimum Gasteiger partial charge on any atom is -0.480 e. The van der Waals surface area contributed by atoms with E-state index in [1.165, 1.54) is 17.1 Å². The fourth-order valence-corrected chi connectivity index (χ4v) is 2.85. The maximum absolute atomic E-state index is 11.8. The number of aryl methyl sites for hydroxylation is 1. The summed E-state index contributed by atoms with van der Waals surface area (Å²) in [6.07, 6.45) is 2.75. The highest BCUT2D eigenvalue weighted by Gasteiger charge is 2.29. The molecule has 0 aliphatic heterocycles. The van der Waals surface area contributed by atoms with Gasteiger partial charge >= 0.3 is 5.97 Å². The zero-order valence-electron chi connectivity index (χ0n) is 11.2. The summed E-state index contributed by atoms with van der Waals surface area (Å²) in [5.74, 6) is -1.30. The van der Waals surface area contributed by atoms with Gasteiger partial charge in [-0.25, -0.2) is 0 Å². The molecule has 3 N–H and O–H groups in total. The van der Waals surface area contributed by atoms with Crippen LogP contribution in [-0.4, -0.2) is 34.8 Å². The van der Waals surface area contributed by atoms with Crippen LogP contribution in [-0.2, 0) is 22.1 Å². The summed E-state index contributed by atoms with van der Waals surface area (Å²) in [6, 6.07) is -1.38. The Morgan fingerprint density at radius 2 is 2.05 bits per heavy atom. The lowest BCUT2D eigenvalue weighted by atomic mass is 10.1. The number of hydrogen-bond donors (Lipinski definition) is 3. The van der Waals surface area contributed by atoms with Crippen LogP contribution >= 0.6 is 0 Å². The predicted octanol–water partition coefficient (Wildman–Crippen LogP) is -0.232. The highest BCUT2D eigenvalue weighted by Crippen LogP contribution is 2.13. The topological polar surface area (TPSA) is 113 Å². The lowest BCUT2D eigenvalue weighted by molar-refractivity contribution is -0.139. The largest absolute Gasteiger partial charge is 0.480 e. The van der Waals surface area contributed by atoms with Gasteiger partial charge < -0.3 is 5.11 Å². The van der Waals surface area contributed by atoms with Gasteiger partial charge in [-0.1, -0.05) is 0 Å². The molecule has 0 saturated carbocycles. The summed E-state index contributed by atoms with van der Waals surface area (Å²) >= 11 is 0. The van der Waals surface area contributed by atoms with Crippen LogP contribution in [0, 0.1) is 0 Å². The molecule has 19 heavy (non-hydrogen) atoms. The van der Waals surface area contributed by atoms with Gasteiger partial charge in [0.15, 0.2) is 0 Å². The van der Waals surface area contributed by atoms with Crippen LogP contribution in [0.5, 0.6) is 0 Å². The standard InChI is InChI=1S/C10H18N4O4S/c1-10(2,3)13-19(17,18)12-8(9(15)16)7-5-11-14(4)6-7/h5-6,8,12-13H,1-4H3,(H,15,16). The zero-order valence-corrected chi connectivity index (χ0v) is 12.0. The number of nitrogens with zero attached hydrogens (tertiary/aromatic N) is 2. The molecule has 0 saturated heterocycles. The van der Waals surface area contributed by atoms with E-state index in [2.05, 4.69) is 14.5 Å². The van der Waals surface area contributed by atoms with E-state index >= 15 is 0 Å². The smallest absolute Gasteiger partial charge is 0.326 e. The predicted molar refractivity (Wildman–Crippen MR) is 68.5 cm³/mol. The van der Waals surface area contributed by atoms with Crippen LogP contribution in [0.15, 0.2) is 12.4 Å². The van der Waals surface area contributed by atoms with Crippen molar-refractivity contribution in [1.29, 1.82) is 0 Å². The first-order valence-corrected chi connectivity index (χ1v) is 7.01. The lowest BCUT2D eigenvalue weighted by Gasteiger charge is -2.22. The Morgan fingerprint density at radius 1 is 1.47 bits per heavy atom. The van der Waals surface area contributed by atoms with Crippen molar-refractivity contribution in [1.82, 2.24) is 19.2 Å². The molecule has 0 fully saturated rings. The number of carboxylic acids is 1. The second-order valence-electron chi connectivity index (χ2n) is 5.19. The van der Waals surface area contributed by atoms with E-state index in [9.17, 15) is 13.2 Å². The molecular weight excluding hydrogens is 272 g/mol. The fraction of sp³-hybridized carbons (Fsp3) is 0.600. The second-order valence-corrected chi connectivity index (χ2v) is 6.64. The molecule has 1 heterocycles. The van der Waals surface area contributed by atoms with Gasteiger partial charge in [0.1, 0.15) is 6.04 Å². The van der Waals surface area contributed by atoms with Gasteiger partial charge in [0.2, 0.25) is 0 Å². The molecule has 1 rings (SSSR count). The number of carboxylic acid groups (broad SMARTS) is 1. The van der Waals surface area contributed by atoms with Crippen LogP contribution in [0.3, 0.4) is 0 Å². The minimum absolute atomic E-state index is 0.259. The average Bonchev–Trinajstić information content (AvgIpc) is 2.57. The normalized spacial score (nSPS) is 14.3. The number of carbonyl (C=O) groups is 1. The lowest BCUT2D eigenvalue weighted by Crippen LogP contribution is -2.49. The van der Waals surface area contributed by atoms with Crippen LogP contribution in [0.1, 0.15) is 32.4 Å². The highest BCUT2D eigenvalue weighted by molar-refractivity contribution is 7.87. The van der Waals surface area contributed by atoms with Gasteiger partial charge in [-0.3, -0.25) is 9.48 Å². The van der Waals surface area contributed by atoms with Crippen LogP contribution in [0.4, 0.5) is 0 Å². The fourth-order valence-electron chi connectivity index (χ4n) is 1.44. The minimum atomic E-state index is -3.94. The van der Waals surface area contributed by atoms with Crippen LogP contribution < -0.4 is 9.44 Å². The van der Waals surface area contributed by atoms with E-state index in [0.717, 1.165) is 0 Å². The molecule has 1 atom stereocenters. The third-order valence-corrected chi connectivity index (χ3v) is 3.45.